The van der Waals surface area contributed by atoms with Crippen molar-refractivity contribution in [3.8, 4) is 5.75 Å². The van der Waals surface area contributed by atoms with Crippen LogP contribution in [0.5, 0.6) is 5.75 Å². The number of esters is 1. The molecule has 1 aromatic rings. The van der Waals surface area contributed by atoms with E-state index in [1.165, 1.54) is 38.0 Å². The molecule has 0 saturated carbocycles. The topological polar surface area (TPSA) is 153 Å². The van der Waals surface area contributed by atoms with Gasteiger partial charge in [0.2, 0.25) is 11.8 Å². The number of carbonyl (C=O) groups excluding carboxylic acids is 4. The minimum Gasteiger partial charge on any atom is -0.495 e. The van der Waals surface area contributed by atoms with Gasteiger partial charge in [0.15, 0.2) is 5.72 Å². The zero-order valence-corrected chi connectivity index (χ0v) is 31.8. The summed E-state index contributed by atoms with van der Waals surface area (Å²) in [7, 11) is 5.94. The highest BCUT2D eigenvalue weighted by molar-refractivity contribution is 7.80. The number of nitrogens with zero attached hydrogens (tertiary/aromatic N) is 2. The molecule has 6 atom stereocenters. The molecular formula is C35H50ClN3O10S. The van der Waals surface area contributed by atoms with E-state index in [4.69, 9.17) is 35.3 Å². The maximum Gasteiger partial charge on any atom is 0.409 e. The molecule has 2 N–H and O–H groups in total. The van der Waals surface area contributed by atoms with Crippen LogP contribution in [0.1, 0.15) is 59.4 Å². The number of halogens is 1. The van der Waals surface area contributed by atoms with Gasteiger partial charge in [-0.3, -0.25) is 14.9 Å². The van der Waals surface area contributed by atoms with Crippen LogP contribution in [0.3, 0.4) is 0 Å². The summed E-state index contributed by atoms with van der Waals surface area (Å²) in [6.07, 6.45) is 0.427. The number of carbonyl (C=O) groups is 4. The maximum atomic E-state index is 14.0. The lowest BCUT2D eigenvalue weighted by Gasteiger charge is -2.44. The number of alkyl carbamates (subject to hydrolysis) is 1. The summed E-state index contributed by atoms with van der Waals surface area (Å²) in [5.41, 5.74) is -1.14. The fourth-order valence-electron chi connectivity index (χ4n) is 5.83. The van der Waals surface area contributed by atoms with E-state index in [-0.39, 0.29) is 30.2 Å². The molecule has 1 fully saturated rings. The maximum absolute atomic E-state index is 14.0. The van der Waals surface area contributed by atoms with Crippen LogP contribution in [-0.4, -0.2) is 110 Å². The number of hydrogen-bond acceptors (Lipinski definition) is 11. The van der Waals surface area contributed by atoms with E-state index >= 15 is 0 Å². The van der Waals surface area contributed by atoms with E-state index < -0.39 is 59.8 Å². The number of likely N-dealkylation sites (N-methyl/N-ethyl adjacent to an activating group) is 1. The minimum atomic E-state index is -1.86. The number of benzene rings is 1. The van der Waals surface area contributed by atoms with Gasteiger partial charge in [-0.25, -0.2) is 9.59 Å². The number of fused-ring (bicyclic) bond motifs is 4. The lowest BCUT2D eigenvalue weighted by Crippen LogP contribution is -2.64. The molecule has 0 aliphatic carbocycles. The van der Waals surface area contributed by atoms with Gasteiger partial charge in [-0.05, 0) is 64.5 Å². The van der Waals surface area contributed by atoms with Crippen molar-refractivity contribution in [2.45, 2.75) is 102 Å². The molecule has 2 aliphatic heterocycles. The second kappa shape index (κ2) is 17.3. The summed E-state index contributed by atoms with van der Waals surface area (Å²) in [5.74, 6) is -0.859. The summed E-state index contributed by atoms with van der Waals surface area (Å²) in [5, 5.41) is 14.3. The molecule has 15 heteroatoms. The predicted octanol–water partition coefficient (Wildman–Crippen LogP) is 4.22. The Labute approximate surface area is 304 Å². The first kappa shape index (κ1) is 41.1. The minimum absolute atomic E-state index is 0.118. The Kier molecular flexibility index (Phi) is 14.2. The molecule has 50 heavy (non-hydrogen) atoms. The second-order valence-electron chi connectivity index (χ2n) is 13.2. The van der Waals surface area contributed by atoms with Crippen molar-refractivity contribution in [3.63, 3.8) is 0 Å². The average molecular weight is 740 g/mol. The van der Waals surface area contributed by atoms with Crippen LogP contribution in [0.15, 0.2) is 35.9 Å². The first-order valence-corrected chi connectivity index (χ1v) is 17.3. The molecule has 3 rings (SSSR count). The Morgan fingerprint density at radius 2 is 1.94 bits per heavy atom. The molecular weight excluding hydrogens is 690 g/mol. The quantitative estimate of drug-likeness (QED) is 0.274. The highest BCUT2D eigenvalue weighted by Crippen LogP contribution is 2.38. The van der Waals surface area contributed by atoms with Gasteiger partial charge in [0.25, 0.3) is 0 Å². The van der Waals surface area contributed by atoms with Crippen molar-refractivity contribution in [1.82, 2.24) is 10.2 Å². The zero-order chi connectivity index (χ0) is 37.6. The van der Waals surface area contributed by atoms with Crippen molar-refractivity contribution < 1.29 is 48.0 Å². The highest BCUT2D eigenvalue weighted by atomic mass is 35.5. The van der Waals surface area contributed by atoms with E-state index in [0.717, 1.165) is 11.1 Å². The Balaban J connectivity index is 2.13. The van der Waals surface area contributed by atoms with Crippen LogP contribution in [0.25, 0.3) is 0 Å². The number of amides is 3. The Bertz CT molecular complexity index is 1490. The van der Waals surface area contributed by atoms with Gasteiger partial charge < -0.3 is 38.6 Å². The second-order valence-corrected chi connectivity index (χ2v) is 14.0. The fourth-order valence-corrected chi connectivity index (χ4v) is 6.34. The third-order valence-electron chi connectivity index (χ3n) is 9.05. The SMILES string of the molecule is COc1cc2cc(c1Cl)N(C)C(=O)C[C@H](OC(=O)[C@H](C)N(C)C(=O)CCS)C(C)(C)O[C@H](C)[C@@H]1C[C@@](O)(NC(=O)O1)[C@H](OC)/C=C/C=C(\C)C2. The summed E-state index contributed by atoms with van der Waals surface area (Å²) in [6, 6.07) is 2.57. The lowest BCUT2D eigenvalue weighted by atomic mass is 9.93. The van der Waals surface area contributed by atoms with Crippen molar-refractivity contribution in [1.29, 1.82) is 0 Å². The molecule has 4 bridgehead atoms. The number of thiol groups is 1. The monoisotopic (exact) mass is 739 g/mol. The van der Waals surface area contributed by atoms with Gasteiger partial charge in [0.05, 0.1) is 25.3 Å². The fraction of sp³-hybridized carbons (Fsp3) is 0.600. The average Bonchev–Trinajstić information content (AvgIpc) is 3.04. The summed E-state index contributed by atoms with van der Waals surface area (Å²) < 4.78 is 29.1. The van der Waals surface area contributed by atoms with Crippen LogP contribution >= 0.6 is 24.2 Å². The van der Waals surface area contributed by atoms with Crippen molar-refractivity contribution >= 4 is 53.8 Å². The molecule has 2 heterocycles. The van der Waals surface area contributed by atoms with Gasteiger partial charge in [-0.2, -0.15) is 12.6 Å². The van der Waals surface area contributed by atoms with Crippen LogP contribution in [0, 0.1) is 0 Å². The lowest BCUT2D eigenvalue weighted by molar-refractivity contribution is -0.203. The normalized spacial score (nSPS) is 28.3. The molecule has 0 radical (unpaired) electrons. The molecule has 2 aliphatic rings. The summed E-state index contributed by atoms with van der Waals surface area (Å²) in [4.78, 5) is 55.5. The predicted molar refractivity (Wildman–Crippen MR) is 192 cm³/mol. The Morgan fingerprint density at radius 3 is 2.56 bits per heavy atom. The molecule has 0 aromatic heterocycles. The van der Waals surface area contributed by atoms with Gasteiger partial charge in [0, 0.05) is 34.0 Å². The van der Waals surface area contributed by atoms with E-state index in [9.17, 15) is 24.3 Å². The molecule has 13 nitrogen and oxygen atoms in total. The van der Waals surface area contributed by atoms with E-state index in [0.29, 0.717) is 23.6 Å². The molecule has 0 spiro atoms. The Morgan fingerprint density at radius 1 is 1.26 bits per heavy atom. The van der Waals surface area contributed by atoms with Gasteiger partial charge in [-0.1, -0.05) is 35.4 Å². The number of rotatable bonds is 7. The molecule has 1 saturated heterocycles. The van der Waals surface area contributed by atoms with Gasteiger partial charge in [-0.15, -0.1) is 0 Å². The van der Waals surface area contributed by atoms with Crippen LogP contribution in [-0.2, 0) is 39.8 Å². The van der Waals surface area contributed by atoms with Gasteiger partial charge >= 0.3 is 12.1 Å². The zero-order valence-electron chi connectivity index (χ0n) is 30.2. The number of methoxy groups -OCH3 is 2. The van der Waals surface area contributed by atoms with E-state index in [1.807, 2.05) is 13.0 Å². The van der Waals surface area contributed by atoms with Crippen LogP contribution < -0.4 is 15.0 Å². The summed E-state index contributed by atoms with van der Waals surface area (Å²) >= 11 is 10.8. The third-order valence-corrected chi connectivity index (χ3v) is 9.65. The number of nitrogens with one attached hydrogen (secondary N) is 1. The first-order chi connectivity index (χ1) is 23.4. The standard InChI is InChI=1S/C35H50ClN3O10S/c1-20-11-10-12-27(46-9)35(44)19-26(47-33(43)37-35)22(3)49-34(4,5)28(48-32(42)21(2)38(6)29(40)13-14-50)18-30(41)39(7)24-16-23(15-20)17-25(45-8)31(24)36/h10-12,16-17,21-22,26-28,44,50H,13-15,18-19H2,1-9H3,(H,37,43)/b12-10+,20-11+/t21-,22+,26-,27+,28-,35-/m0/s1. The van der Waals surface area contributed by atoms with E-state index in [2.05, 4.69) is 17.9 Å². The largest absolute Gasteiger partial charge is 0.495 e. The Hall–Kier alpha value is -3.30. The number of hydrogen-bond donors (Lipinski definition) is 3. The molecule has 1 aromatic carbocycles. The molecule has 278 valence electrons. The van der Waals surface area contributed by atoms with Gasteiger partial charge in [0.1, 0.15) is 40.7 Å². The first-order valence-electron chi connectivity index (χ1n) is 16.3. The van der Waals surface area contributed by atoms with Crippen molar-refractivity contribution in [2.24, 2.45) is 0 Å². The third kappa shape index (κ3) is 9.93. The van der Waals surface area contributed by atoms with Crippen LogP contribution in [0.4, 0.5) is 10.5 Å². The van der Waals surface area contributed by atoms with Crippen molar-refractivity contribution in [3.05, 3.63) is 46.5 Å². The number of anilines is 1. The van der Waals surface area contributed by atoms with Crippen LogP contribution in [0.2, 0.25) is 5.02 Å². The van der Waals surface area contributed by atoms with Crippen molar-refractivity contribution in [2.75, 3.05) is 39.0 Å². The number of ether oxygens (including phenoxy) is 5. The number of allylic oxidation sites excluding steroid dienone is 3. The number of aliphatic hydroxyl groups is 1. The summed E-state index contributed by atoms with van der Waals surface area (Å²) in [6.45, 7) is 8.36. The highest BCUT2D eigenvalue weighted by Gasteiger charge is 2.48. The van der Waals surface area contributed by atoms with E-state index in [1.54, 1.807) is 52.1 Å². The molecule has 3 amide bonds. The smallest absolute Gasteiger partial charge is 0.409 e. The molecule has 0 unspecified atom stereocenters.